The number of benzene rings is 1. The van der Waals surface area contributed by atoms with Crippen LogP contribution in [-0.2, 0) is 10.0 Å². The Labute approximate surface area is 104 Å². The molecule has 0 aliphatic carbocycles. The van der Waals surface area contributed by atoms with E-state index in [4.69, 9.17) is 5.26 Å². The summed E-state index contributed by atoms with van der Waals surface area (Å²) in [6.07, 6.45) is 1.19. The molecule has 92 valence electrons. The molecule has 0 bridgehead atoms. The van der Waals surface area contributed by atoms with Crippen LogP contribution in [0.3, 0.4) is 0 Å². The standard InChI is InChI=1S/C10H9N5O2S/c1-7-2-3-8(5-11)4-9(7)18(16,17)15-10-12-6-13-14-10/h2-4,6H,1H3,(H2,12,13,14,15). The second-order valence-electron chi connectivity index (χ2n) is 3.53. The number of aryl methyl sites for hydroxylation is 1. The number of anilines is 1. The molecule has 1 aromatic carbocycles. The number of hydrogen-bond donors (Lipinski definition) is 2. The maximum atomic E-state index is 12.1. The molecule has 0 saturated carbocycles. The molecule has 7 nitrogen and oxygen atoms in total. The highest BCUT2D eigenvalue weighted by atomic mass is 32.2. The molecule has 0 fully saturated rings. The molecule has 0 aliphatic heterocycles. The Morgan fingerprint density at radius 1 is 1.44 bits per heavy atom. The second kappa shape index (κ2) is 4.46. The van der Waals surface area contributed by atoms with E-state index in [9.17, 15) is 8.42 Å². The van der Waals surface area contributed by atoms with E-state index in [2.05, 4.69) is 19.9 Å². The Morgan fingerprint density at radius 3 is 2.83 bits per heavy atom. The van der Waals surface area contributed by atoms with Crippen molar-refractivity contribution in [1.29, 1.82) is 5.26 Å². The highest BCUT2D eigenvalue weighted by Gasteiger charge is 2.18. The van der Waals surface area contributed by atoms with Crippen molar-refractivity contribution in [2.24, 2.45) is 0 Å². The van der Waals surface area contributed by atoms with Gasteiger partial charge in [0, 0.05) is 0 Å². The molecular weight excluding hydrogens is 254 g/mol. The van der Waals surface area contributed by atoms with Gasteiger partial charge in [-0.05, 0) is 24.6 Å². The van der Waals surface area contributed by atoms with Crippen molar-refractivity contribution in [3.8, 4) is 6.07 Å². The van der Waals surface area contributed by atoms with E-state index in [1.807, 2.05) is 6.07 Å². The number of hydrogen-bond acceptors (Lipinski definition) is 5. The molecule has 0 spiro atoms. The summed E-state index contributed by atoms with van der Waals surface area (Å²) >= 11 is 0. The van der Waals surface area contributed by atoms with Crippen LogP contribution in [-0.4, -0.2) is 23.6 Å². The van der Waals surface area contributed by atoms with Crippen LogP contribution in [0.15, 0.2) is 29.4 Å². The third-order valence-electron chi connectivity index (χ3n) is 2.25. The van der Waals surface area contributed by atoms with Crippen molar-refractivity contribution in [2.75, 3.05) is 4.72 Å². The van der Waals surface area contributed by atoms with Gasteiger partial charge < -0.3 is 0 Å². The van der Waals surface area contributed by atoms with E-state index in [0.717, 1.165) is 0 Å². The molecular formula is C10H9N5O2S. The zero-order chi connectivity index (χ0) is 13.2. The molecule has 0 amide bonds. The fourth-order valence-corrected chi connectivity index (χ4v) is 2.63. The van der Waals surface area contributed by atoms with Crippen LogP contribution in [0, 0.1) is 18.3 Å². The molecule has 1 heterocycles. The molecule has 8 heteroatoms. The lowest BCUT2D eigenvalue weighted by molar-refractivity contribution is 0.600. The summed E-state index contributed by atoms with van der Waals surface area (Å²) in [6, 6.07) is 6.35. The molecule has 0 saturated heterocycles. The summed E-state index contributed by atoms with van der Waals surface area (Å²) < 4.78 is 26.4. The summed E-state index contributed by atoms with van der Waals surface area (Å²) in [4.78, 5) is 3.72. The molecule has 2 aromatic rings. The lowest BCUT2D eigenvalue weighted by Gasteiger charge is -2.08. The predicted octanol–water partition coefficient (Wildman–Crippen LogP) is 0.786. The summed E-state index contributed by atoms with van der Waals surface area (Å²) in [5.74, 6) is 0.0248. The highest BCUT2D eigenvalue weighted by molar-refractivity contribution is 7.92. The number of nitrogens with zero attached hydrogens (tertiary/aromatic N) is 3. The van der Waals surface area contributed by atoms with Crippen molar-refractivity contribution >= 4 is 16.0 Å². The molecule has 0 aliphatic rings. The number of nitrogens with one attached hydrogen (secondary N) is 2. The smallest absolute Gasteiger partial charge is 0.248 e. The van der Waals surface area contributed by atoms with Crippen LogP contribution < -0.4 is 4.72 Å². The monoisotopic (exact) mass is 263 g/mol. The van der Waals surface area contributed by atoms with E-state index in [-0.39, 0.29) is 16.4 Å². The normalized spacial score (nSPS) is 10.9. The third-order valence-corrected chi connectivity index (χ3v) is 3.73. The number of nitriles is 1. The number of aromatic amines is 1. The van der Waals surface area contributed by atoms with Crippen LogP contribution in [0.1, 0.15) is 11.1 Å². The van der Waals surface area contributed by atoms with Crippen molar-refractivity contribution in [3.63, 3.8) is 0 Å². The molecule has 1 aromatic heterocycles. The van der Waals surface area contributed by atoms with Gasteiger partial charge in [-0.15, -0.1) is 0 Å². The Balaban J connectivity index is 2.44. The van der Waals surface area contributed by atoms with E-state index in [1.54, 1.807) is 19.1 Å². The summed E-state index contributed by atoms with van der Waals surface area (Å²) in [7, 11) is -3.78. The topological polar surface area (TPSA) is 112 Å². The zero-order valence-corrected chi connectivity index (χ0v) is 10.2. The number of H-pyrrole nitrogens is 1. The quantitative estimate of drug-likeness (QED) is 0.850. The van der Waals surface area contributed by atoms with E-state index in [1.165, 1.54) is 12.4 Å². The van der Waals surface area contributed by atoms with Crippen LogP contribution in [0.5, 0.6) is 0 Å². The zero-order valence-electron chi connectivity index (χ0n) is 9.38. The predicted molar refractivity (Wildman–Crippen MR) is 63.1 cm³/mol. The van der Waals surface area contributed by atoms with Crippen molar-refractivity contribution in [1.82, 2.24) is 15.2 Å². The molecule has 18 heavy (non-hydrogen) atoms. The second-order valence-corrected chi connectivity index (χ2v) is 5.18. The average molecular weight is 263 g/mol. The maximum Gasteiger partial charge on any atom is 0.264 e. The van der Waals surface area contributed by atoms with Gasteiger partial charge in [-0.2, -0.15) is 15.3 Å². The minimum Gasteiger partial charge on any atom is -0.248 e. The maximum absolute atomic E-state index is 12.1. The Kier molecular flexibility index (Phi) is 2.99. The van der Waals surface area contributed by atoms with E-state index >= 15 is 0 Å². The van der Waals surface area contributed by atoms with Gasteiger partial charge in [-0.1, -0.05) is 6.07 Å². The van der Waals surface area contributed by atoms with Crippen LogP contribution >= 0.6 is 0 Å². The number of rotatable bonds is 3. The Bertz CT molecular complexity index is 700. The first-order valence-electron chi connectivity index (χ1n) is 4.92. The van der Waals surface area contributed by atoms with Gasteiger partial charge >= 0.3 is 0 Å². The summed E-state index contributed by atoms with van der Waals surface area (Å²) in [5, 5.41) is 14.7. The lowest BCUT2D eigenvalue weighted by Crippen LogP contribution is -2.15. The minimum absolute atomic E-state index is 0.0248. The van der Waals surface area contributed by atoms with Gasteiger partial charge in [0.1, 0.15) is 6.33 Å². The van der Waals surface area contributed by atoms with Crippen molar-refractivity contribution < 1.29 is 8.42 Å². The van der Waals surface area contributed by atoms with Crippen LogP contribution in [0.4, 0.5) is 5.95 Å². The minimum atomic E-state index is -3.78. The Hall–Kier alpha value is -2.40. The largest absolute Gasteiger partial charge is 0.264 e. The average Bonchev–Trinajstić information content (AvgIpc) is 2.81. The fraction of sp³-hybridized carbons (Fsp3) is 0.100. The van der Waals surface area contributed by atoms with Gasteiger partial charge in [0.2, 0.25) is 5.95 Å². The van der Waals surface area contributed by atoms with Gasteiger partial charge in [-0.3, -0.25) is 0 Å². The van der Waals surface area contributed by atoms with Gasteiger partial charge in [0.05, 0.1) is 16.5 Å². The van der Waals surface area contributed by atoms with Crippen molar-refractivity contribution in [3.05, 3.63) is 35.7 Å². The molecule has 0 atom stereocenters. The summed E-state index contributed by atoms with van der Waals surface area (Å²) in [5.41, 5.74) is 0.819. The third kappa shape index (κ3) is 2.31. The van der Waals surface area contributed by atoms with Gasteiger partial charge in [-0.25, -0.2) is 18.2 Å². The highest BCUT2D eigenvalue weighted by Crippen LogP contribution is 2.18. The molecule has 0 radical (unpaired) electrons. The van der Waals surface area contributed by atoms with Crippen LogP contribution in [0.2, 0.25) is 0 Å². The fourth-order valence-electron chi connectivity index (χ4n) is 1.40. The first-order chi connectivity index (χ1) is 8.53. The molecule has 2 N–H and O–H groups in total. The Morgan fingerprint density at radius 2 is 2.22 bits per heavy atom. The molecule has 2 rings (SSSR count). The van der Waals surface area contributed by atoms with Crippen molar-refractivity contribution in [2.45, 2.75) is 11.8 Å². The number of aromatic nitrogens is 3. The van der Waals surface area contributed by atoms with Gasteiger partial charge in [0.15, 0.2) is 0 Å². The van der Waals surface area contributed by atoms with Gasteiger partial charge in [0.25, 0.3) is 10.0 Å². The van der Waals surface area contributed by atoms with Crippen LogP contribution in [0.25, 0.3) is 0 Å². The summed E-state index contributed by atoms with van der Waals surface area (Å²) in [6.45, 7) is 1.65. The first-order valence-corrected chi connectivity index (χ1v) is 6.40. The van der Waals surface area contributed by atoms with E-state index in [0.29, 0.717) is 5.56 Å². The lowest BCUT2D eigenvalue weighted by atomic mass is 10.2. The first kappa shape index (κ1) is 12.1. The molecule has 0 unspecified atom stereocenters. The van der Waals surface area contributed by atoms with E-state index < -0.39 is 10.0 Å². The number of sulfonamides is 1. The SMILES string of the molecule is Cc1ccc(C#N)cc1S(=O)(=O)Nc1ncn[nH]1.